The number of ketones is 1. The standard InChI is InChI=1S/C19H17Cl2N3O/c1-23(9-8-20)10-11-24-15-7-6-14(21)16-17(15)18(22-24)12-4-2-3-5-13(12)19(16)25/h2-7H,8-11H2,1H3. The third-order valence-electron chi connectivity index (χ3n) is 4.68. The molecule has 1 aromatic heterocycles. The average Bonchev–Trinajstić information content (AvgIpc) is 2.98. The van der Waals surface area contributed by atoms with Gasteiger partial charge in [0, 0.05) is 35.5 Å². The average molecular weight is 374 g/mol. The molecule has 1 aliphatic rings. The maximum Gasteiger partial charge on any atom is 0.195 e. The molecule has 0 unspecified atom stereocenters. The summed E-state index contributed by atoms with van der Waals surface area (Å²) in [6.45, 7) is 2.38. The van der Waals surface area contributed by atoms with Crippen LogP contribution < -0.4 is 0 Å². The molecule has 0 N–H and O–H groups in total. The summed E-state index contributed by atoms with van der Waals surface area (Å²) in [5.41, 5.74) is 3.88. The van der Waals surface area contributed by atoms with Crippen molar-refractivity contribution in [2.45, 2.75) is 6.54 Å². The molecule has 0 amide bonds. The van der Waals surface area contributed by atoms with Gasteiger partial charge in [0.25, 0.3) is 0 Å². The van der Waals surface area contributed by atoms with Crippen LogP contribution in [0.2, 0.25) is 5.02 Å². The van der Waals surface area contributed by atoms with Gasteiger partial charge in [-0.15, -0.1) is 11.6 Å². The van der Waals surface area contributed by atoms with Crippen molar-refractivity contribution < 1.29 is 4.79 Å². The van der Waals surface area contributed by atoms with Crippen molar-refractivity contribution in [1.29, 1.82) is 0 Å². The van der Waals surface area contributed by atoms with Gasteiger partial charge in [-0.1, -0.05) is 35.9 Å². The van der Waals surface area contributed by atoms with Crippen LogP contribution in [-0.2, 0) is 6.54 Å². The van der Waals surface area contributed by atoms with Crippen molar-refractivity contribution >= 4 is 39.9 Å². The van der Waals surface area contributed by atoms with Gasteiger partial charge in [-0.25, -0.2) is 0 Å². The quantitative estimate of drug-likeness (QED) is 0.494. The van der Waals surface area contributed by atoms with Crippen LogP contribution in [0.3, 0.4) is 0 Å². The molecule has 1 heterocycles. The molecule has 4 nitrogen and oxygen atoms in total. The van der Waals surface area contributed by atoms with E-state index >= 15 is 0 Å². The molecule has 6 heteroatoms. The summed E-state index contributed by atoms with van der Waals surface area (Å²) in [6, 6.07) is 11.3. The molecule has 128 valence electrons. The smallest absolute Gasteiger partial charge is 0.195 e. The molecule has 0 radical (unpaired) electrons. The van der Waals surface area contributed by atoms with E-state index in [1.165, 1.54) is 0 Å². The predicted molar refractivity (Wildman–Crippen MR) is 102 cm³/mol. The zero-order chi connectivity index (χ0) is 17.6. The van der Waals surface area contributed by atoms with Gasteiger partial charge in [0.2, 0.25) is 0 Å². The van der Waals surface area contributed by atoms with Crippen molar-refractivity contribution in [2.24, 2.45) is 0 Å². The maximum atomic E-state index is 12.9. The van der Waals surface area contributed by atoms with Gasteiger partial charge in [-0.3, -0.25) is 9.48 Å². The highest BCUT2D eigenvalue weighted by Crippen LogP contribution is 2.41. The zero-order valence-corrected chi connectivity index (χ0v) is 15.3. The Morgan fingerprint density at radius 1 is 1.12 bits per heavy atom. The second-order valence-electron chi connectivity index (χ2n) is 6.26. The van der Waals surface area contributed by atoms with Gasteiger partial charge in [0.15, 0.2) is 5.78 Å². The lowest BCUT2D eigenvalue weighted by atomic mass is 9.87. The summed E-state index contributed by atoms with van der Waals surface area (Å²) in [7, 11) is 2.04. The molecule has 1 aliphatic carbocycles. The molecule has 0 aliphatic heterocycles. The lowest BCUT2D eigenvalue weighted by Crippen LogP contribution is -2.25. The van der Waals surface area contributed by atoms with Crippen LogP contribution in [0.5, 0.6) is 0 Å². The van der Waals surface area contributed by atoms with Crippen LogP contribution in [0.1, 0.15) is 15.9 Å². The van der Waals surface area contributed by atoms with E-state index in [4.69, 9.17) is 28.3 Å². The molecule has 0 saturated carbocycles. The molecular formula is C19H17Cl2N3O. The molecule has 2 aromatic carbocycles. The Morgan fingerprint density at radius 2 is 1.88 bits per heavy atom. The van der Waals surface area contributed by atoms with Crippen molar-refractivity contribution in [3.8, 4) is 11.3 Å². The molecule has 4 rings (SSSR count). The molecule has 0 atom stereocenters. The first kappa shape index (κ1) is 16.6. The lowest BCUT2D eigenvalue weighted by molar-refractivity contribution is 0.104. The number of carbonyl (C=O) groups excluding carboxylic acids is 1. The Bertz CT molecular complexity index is 980. The Hall–Kier alpha value is -1.88. The molecule has 0 fully saturated rings. The first-order valence-electron chi connectivity index (χ1n) is 8.19. The number of hydrogen-bond donors (Lipinski definition) is 0. The molecular weight excluding hydrogens is 357 g/mol. The number of rotatable bonds is 5. The van der Waals surface area contributed by atoms with Crippen LogP contribution in [0.15, 0.2) is 36.4 Å². The summed E-state index contributed by atoms with van der Waals surface area (Å²) in [6.07, 6.45) is 0. The minimum absolute atomic E-state index is 0.0301. The van der Waals surface area contributed by atoms with Crippen molar-refractivity contribution in [1.82, 2.24) is 14.7 Å². The van der Waals surface area contributed by atoms with E-state index in [0.717, 1.165) is 41.8 Å². The van der Waals surface area contributed by atoms with Gasteiger partial charge in [0.1, 0.15) is 5.69 Å². The number of nitrogens with zero attached hydrogens (tertiary/aromatic N) is 3. The number of halogens is 2. The van der Waals surface area contributed by atoms with Crippen molar-refractivity contribution in [3.05, 3.63) is 52.5 Å². The normalized spacial score (nSPS) is 12.9. The van der Waals surface area contributed by atoms with E-state index in [9.17, 15) is 4.79 Å². The van der Waals surface area contributed by atoms with E-state index < -0.39 is 0 Å². The highest BCUT2D eigenvalue weighted by atomic mass is 35.5. The Balaban J connectivity index is 1.87. The summed E-state index contributed by atoms with van der Waals surface area (Å²) in [5, 5.41) is 6.15. The Kier molecular flexibility index (Phi) is 4.28. The first-order valence-corrected chi connectivity index (χ1v) is 9.10. The monoisotopic (exact) mass is 373 g/mol. The van der Waals surface area contributed by atoms with Crippen LogP contribution in [-0.4, -0.2) is 46.5 Å². The van der Waals surface area contributed by atoms with Gasteiger partial charge in [-0.05, 0) is 19.2 Å². The van der Waals surface area contributed by atoms with Crippen molar-refractivity contribution in [3.63, 3.8) is 0 Å². The van der Waals surface area contributed by atoms with Gasteiger partial charge in [-0.2, -0.15) is 5.10 Å². The van der Waals surface area contributed by atoms with Gasteiger partial charge < -0.3 is 4.90 Å². The Labute approximate surface area is 155 Å². The van der Waals surface area contributed by atoms with Gasteiger partial charge >= 0.3 is 0 Å². The second kappa shape index (κ2) is 6.45. The number of aromatic nitrogens is 2. The molecule has 25 heavy (non-hydrogen) atoms. The molecule has 0 spiro atoms. The second-order valence-corrected chi connectivity index (χ2v) is 7.04. The van der Waals surface area contributed by atoms with Crippen LogP contribution in [0.4, 0.5) is 0 Å². The zero-order valence-electron chi connectivity index (χ0n) is 13.8. The SMILES string of the molecule is CN(CCCl)CCn1nc2c3c(c(Cl)ccc31)C(=O)c1ccccc1-2. The summed E-state index contributed by atoms with van der Waals surface area (Å²) in [4.78, 5) is 15.1. The molecule has 0 bridgehead atoms. The maximum absolute atomic E-state index is 12.9. The fraction of sp³-hybridized carbons (Fsp3) is 0.263. The fourth-order valence-electron chi connectivity index (χ4n) is 3.37. The van der Waals surface area contributed by atoms with Gasteiger partial charge in [0.05, 0.1) is 22.6 Å². The number of hydrogen-bond acceptors (Lipinski definition) is 3. The third kappa shape index (κ3) is 2.65. The van der Waals surface area contributed by atoms with E-state index in [-0.39, 0.29) is 5.78 Å². The van der Waals surface area contributed by atoms with E-state index in [1.54, 1.807) is 6.07 Å². The molecule has 0 saturated heterocycles. The van der Waals surface area contributed by atoms with E-state index in [2.05, 4.69) is 4.90 Å². The van der Waals surface area contributed by atoms with Crippen LogP contribution in [0.25, 0.3) is 22.2 Å². The minimum atomic E-state index is -0.0301. The number of benzene rings is 2. The third-order valence-corrected chi connectivity index (χ3v) is 5.17. The number of carbonyl (C=O) groups is 1. The highest BCUT2D eigenvalue weighted by molar-refractivity contribution is 6.39. The fourth-order valence-corrected chi connectivity index (χ4v) is 3.90. The number of alkyl halides is 1. The van der Waals surface area contributed by atoms with Crippen molar-refractivity contribution in [2.75, 3.05) is 26.0 Å². The topological polar surface area (TPSA) is 38.1 Å². The highest BCUT2D eigenvalue weighted by Gasteiger charge is 2.30. The number of fused-ring (bicyclic) bond motifs is 2. The van der Waals surface area contributed by atoms with E-state index in [1.807, 2.05) is 42.1 Å². The van der Waals surface area contributed by atoms with Crippen LogP contribution >= 0.6 is 23.2 Å². The van der Waals surface area contributed by atoms with E-state index in [0.29, 0.717) is 22.0 Å². The minimum Gasteiger partial charge on any atom is -0.303 e. The Morgan fingerprint density at radius 3 is 2.64 bits per heavy atom. The summed E-state index contributed by atoms with van der Waals surface area (Å²) >= 11 is 12.2. The number of likely N-dealkylation sites (N-methyl/N-ethyl adjacent to an activating group) is 1. The van der Waals surface area contributed by atoms with Crippen LogP contribution in [0, 0.1) is 0 Å². The largest absolute Gasteiger partial charge is 0.303 e. The summed E-state index contributed by atoms with van der Waals surface area (Å²) in [5.74, 6) is 0.570. The molecule has 3 aromatic rings. The first-order chi connectivity index (χ1) is 12.1. The lowest BCUT2D eigenvalue weighted by Gasteiger charge is -2.15. The predicted octanol–water partition coefficient (Wildman–Crippen LogP) is 4.07. The summed E-state index contributed by atoms with van der Waals surface area (Å²) < 4.78 is 1.96.